The van der Waals surface area contributed by atoms with Gasteiger partial charge in [0.1, 0.15) is 0 Å². The van der Waals surface area contributed by atoms with Crippen molar-refractivity contribution in [1.29, 1.82) is 0 Å². The summed E-state index contributed by atoms with van der Waals surface area (Å²) < 4.78 is 0. The summed E-state index contributed by atoms with van der Waals surface area (Å²) in [6.07, 6.45) is 10.6. The Morgan fingerprint density at radius 2 is 2.06 bits per heavy atom. The van der Waals surface area contributed by atoms with Crippen molar-refractivity contribution in [3.05, 3.63) is 12.2 Å². The van der Waals surface area contributed by atoms with Gasteiger partial charge >= 0.3 is 0 Å². The van der Waals surface area contributed by atoms with Gasteiger partial charge in [0, 0.05) is 0 Å². The van der Waals surface area contributed by atoms with Crippen LogP contribution in [0.4, 0.5) is 0 Å². The normalized spacial score (nSPS) is 47.1. The van der Waals surface area contributed by atoms with E-state index in [9.17, 15) is 5.11 Å². The molecular formula is C15H22O. The highest BCUT2D eigenvalue weighted by Gasteiger charge is 2.58. The van der Waals surface area contributed by atoms with E-state index in [1.54, 1.807) is 0 Å². The standard InChI is InChI=1S/C15H22O/c1-5-15-10-12(11(2)3)6-8-14(15,4)9-7-13(15)16/h1,12-13,16H,2,6-10H2,3-4H3/t12-,13?,14?,15-/m1/s1. The number of aliphatic hydroxyl groups is 1. The van der Waals surface area contributed by atoms with E-state index in [0.29, 0.717) is 5.92 Å². The van der Waals surface area contributed by atoms with Crippen molar-refractivity contribution >= 4 is 0 Å². The number of allylic oxidation sites excluding steroid dienone is 1. The zero-order valence-corrected chi connectivity index (χ0v) is 10.4. The molecule has 1 N–H and O–H groups in total. The van der Waals surface area contributed by atoms with Crippen molar-refractivity contribution in [3.8, 4) is 12.3 Å². The second kappa shape index (κ2) is 3.64. The predicted octanol–water partition coefficient (Wildman–Crippen LogP) is 3.14. The van der Waals surface area contributed by atoms with Crippen LogP contribution in [0, 0.1) is 29.1 Å². The Kier molecular flexibility index (Phi) is 2.67. The molecule has 0 aromatic heterocycles. The lowest BCUT2D eigenvalue weighted by molar-refractivity contribution is -0.0165. The van der Waals surface area contributed by atoms with E-state index < -0.39 is 0 Å². The molecule has 1 nitrogen and oxygen atoms in total. The van der Waals surface area contributed by atoms with Crippen molar-refractivity contribution in [2.24, 2.45) is 16.7 Å². The van der Waals surface area contributed by atoms with E-state index >= 15 is 0 Å². The summed E-state index contributed by atoms with van der Waals surface area (Å²) in [5.41, 5.74) is 1.07. The third kappa shape index (κ3) is 1.36. The number of aliphatic hydroxyl groups excluding tert-OH is 1. The van der Waals surface area contributed by atoms with Crippen LogP contribution in [0.15, 0.2) is 12.2 Å². The lowest BCUT2D eigenvalue weighted by Gasteiger charge is -2.48. The molecule has 2 saturated carbocycles. The van der Waals surface area contributed by atoms with E-state index in [-0.39, 0.29) is 16.9 Å². The Labute approximate surface area is 98.9 Å². The number of fused-ring (bicyclic) bond motifs is 1. The molecule has 88 valence electrons. The van der Waals surface area contributed by atoms with Crippen LogP contribution < -0.4 is 0 Å². The maximum absolute atomic E-state index is 10.3. The highest BCUT2D eigenvalue weighted by Crippen LogP contribution is 2.62. The lowest BCUT2D eigenvalue weighted by Crippen LogP contribution is -2.46. The summed E-state index contributed by atoms with van der Waals surface area (Å²) in [5, 5.41) is 10.3. The minimum absolute atomic E-state index is 0.146. The smallest absolute Gasteiger partial charge is 0.0711 e. The Morgan fingerprint density at radius 3 is 2.62 bits per heavy atom. The van der Waals surface area contributed by atoms with Crippen LogP contribution >= 0.6 is 0 Å². The molecule has 0 radical (unpaired) electrons. The van der Waals surface area contributed by atoms with Gasteiger partial charge in [0.25, 0.3) is 0 Å². The quantitative estimate of drug-likeness (QED) is 0.529. The summed E-state index contributed by atoms with van der Waals surface area (Å²) in [7, 11) is 0. The van der Waals surface area contributed by atoms with Gasteiger partial charge in [-0.05, 0) is 50.4 Å². The van der Waals surface area contributed by atoms with Gasteiger partial charge in [0.15, 0.2) is 0 Å². The summed E-state index contributed by atoms with van der Waals surface area (Å²) in [5.74, 6) is 3.46. The minimum atomic E-state index is -0.315. The molecule has 0 aromatic carbocycles. The van der Waals surface area contributed by atoms with Gasteiger partial charge in [0.2, 0.25) is 0 Å². The van der Waals surface area contributed by atoms with Crippen molar-refractivity contribution in [2.75, 3.05) is 0 Å². The van der Waals surface area contributed by atoms with Gasteiger partial charge in [-0.25, -0.2) is 0 Å². The van der Waals surface area contributed by atoms with Crippen LogP contribution in [-0.2, 0) is 0 Å². The summed E-state index contributed by atoms with van der Waals surface area (Å²) >= 11 is 0. The van der Waals surface area contributed by atoms with Crippen LogP contribution in [0.25, 0.3) is 0 Å². The van der Waals surface area contributed by atoms with E-state index in [4.69, 9.17) is 6.42 Å². The molecule has 2 rings (SSSR count). The minimum Gasteiger partial charge on any atom is -0.392 e. The zero-order valence-electron chi connectivity index (χ0n) is 10.4. The van der Waals surface area contributed by atoms with Crippen molar-refractivity contribution < 1.29 is 5.11 Å². The van der Waals surface area contributed by atoms with Crippen LogP contribution in [0.3, 0.4) is 0 Å². The first-order chi connectivity index (χ1) is 7.45. The van der Waals surface area contributed by atoms with Gasteiger partial charge in [-0.3, -0.25) is 0 Å². The average molecular weight is 218 g/mol. The Hall–Kier alpha value is -0.740. The molecule has 1 heteroatoms. The predicted molar refractivity (Wildman–Crippen MR) is 66.8 cm³/mol. The van der Waals surface area contributed by atoms with Crippen molar-refractivity contribution in [2.45, 2.75) is 52.1 Å². The molecule has 0 saturated heterocycles. The van der Waals surface area contributed by atoms with Crippen molar-refractivity contribution in [3.63, 3.8) is 0 Å². The third-order valence-electron chi connectivity index (χ3n) is 5.18. The molecule has 2 aliphatic rings. The second-order valence-electron chi connectivity index (χ2n) is 6.02. The van der Waals surface area contributed by atoms with Crippen LogP contribution in [0.5, 0.6) is 0 Å². The van der Waals surface area contributed by atoms with E-state index in [2.05, 4.69) is 26.3 Å². The fraction of sp³-hybridized carbons (Fsp3) is 0.733. The molecule has 2 fully saturated rings. The maximum atomic E-state index is 10.3. The average Bonchev–Trinajstić information content (AvgIpc) is 2.51. The first-order valence-electron chi connectivity index (χ1n) is 6.26. The molecule has 2 unspecified atom stereocenters. The number of rotatable bonds is 1. The Bertz CT molecular complexity index is 351. The SMILES string of the molecule is C#C[C@]12C[C@H](C(=C)C)CCC1(C)CCC2O. The fourth-order valence-electron chi connectivity index (χ4n) is 3.79. The number of hydrogen-bond acceptors (Lipinski definition) is 1. The Morgan fingerprint density at radius 1 is 1.44 bits per heavy atom. The molecule has 0 bridgehead atoms. The Balaban J connectivity index is 2.35. The van der Waals surface area contributed by atoms with Crippen LogP contribution in [-0.4, -0.2) is 11.2 Å². The lowest BCUT2D eigenvalue weighted by atomic mass is 9.55. The molecule has 0 aliphatic heterocycles. The highest BCUT2D eigenvalue weighted by atomic mass is 16.3. The first-order valence-corrected chi connectivity index (χ1v) is 6.26. The summed E-state index contributed by atoms with van der Waals surface area (Å²) in [6.45, 7) is 8.40. The van der Waals surface area contributed by atoms with E-state index in [1.807, 2.05) is 0 Å². The zero-order chi connectivity index (χ0) is 12.0. The monoisotopic (exact) mass is 218 g/mol. The van der Waals surface area contributed by atoms with Gasteiger partial charge in [-0.2, -0.15) is 0 Å². The molecule has 0 aromatic rings. The summed E-state index contributed by atoms with van der Waals surface area (Å²) in [6, 6.07) is 0. The molecule has 0 amide bonds. The molecule has 4 atom stereocenters. The van der Waals surface area contributed by atoms with Crippen LogP contribution in [0.1, 0.15) is 46.0 Å². The largest absolute Gasteiger partial charge is 0.392 e. The van der Waals surface area contributed by atoms with Gasteiger partial charge in [-0.15, -0.1) is 6.42 Å². The molecule has 16 heavy (non-hydrogen) atoms. The third-order valence-corrected chi connectivity index (χ3v) is 5.18. The topological polar surface area (TPSA) is 20.2 Å². The second-order valence-corrected chi connectivity index (χ2v) is 6.02. The summed E-state index contributed by atoms with van der Waals surface area (Å²) in [4.78, 5) is 0. The molecule has 0 heterocycles. The number of hydrogen-bond donors (Lipinski definition) is 1. The van der Waals surface area contributed by atoms with Gasteiger partial charge < -0.3 is 5.11 Å². The van der Waals surface area contributed by atoms with E-state index in [0.717, 1.165) is 25.7 Å². The van der Waals surface area contributed by atoms with Gasteiger partial charge in [-0.1, -0.05) is 25.0 Å². The number of terminal acetylenes is 1. The van der Waals surface area contributed by atoms with E-state index in [1.165, 1.54) is 12.0 Å². The maximum Gasteiger partial charge on any atom is 0.0711 e. The first kappa shape index (κ1) is 11.7. The van der Waals surface area contributed by atoms with Crippen LogP contribution in [0.2, 0.25) is 0 Å². The highest BCUT2D eigenvalue weighted by molar-refractivity contribution is 5.24. The molecule has 0 spiro atoms. The van der Waals surface area contributed by atoms with Gasteiger partial charge in [0.05, 0.1) is 11.5 Å². The molecular weight excluding hydrogens is 196 g/mol. The molecule has 2 aliphatic carbocycles. The fourth-order valence-corrected chi connectivity index (χ4v) is 3.79. The van der Waals surface area contributed by atoms with Crippen molar-refractivity contribution in [1.82, 2.24) is 0 Å².